The maximum absolute atomic E-state index is 3.68. The quantitative estimate of drug-likeness (QED) is 0.901. The van der Waals surface area contributed by atoms with E-state index in [0.717, 1.165) is 24.7 Å². The Balaban J connectivity index is 1.75. The number of hydrogen-bond donors (Lipinski definition) is 1. The maximum atomic E-state index is 3.68. The Bertz CT molecular complexity index is 375. The van der Waals surface area contributed by atoms with Crippen LogP contribution in [0.5, 0.6) is 0 Å². The molecule has 2 bridgehead atoms. The lowest BCUT2D eigenvalue weighted by Gasteiger charge is -2.51. The van der Waals surface area contributed by atoms with Crippen molar-refractivity contribution in [3.05, 3.63) is 22.4 Å². The fourth-order valence-corrected chi connectivity index (χ4v) is 4.97. The lowest BCUT2D eigenvalue weighted by atomic mass is 9.80. The Morgan fingerprint density at radius 2 is 2.11 bits per heavy atom. The first kappa shape index (κ1) is 13.6. The molecule has 0 saturated carbocycles. The highest BCUT2D eigenvalue weighted by Crippen LogP contribution is 2.40. The van der Waals surface area contributed by atoms with Gasteiger partial charge < -0.3 is 5.32 Å². The van der Waals surface area contributed by atoms with E-state index in [1.807, 2.05) is 11.3 Å². The molecule has 0 radical (unpaired) electrons. The second kappa shape index (κ2) is 5.94. The highest BCUT2D eigenvalue weighted by atomic mass is 32.1. The minimum absolute atomic E-state index is 0.609. The third kappa shape index (κ3) is 2.74. The van der Waals surface area contributed by atoms with Crippen molar-refractivity contribution in [3.63, 3.8) is 0 Å². The summed E-state index contributed by atoms with van der Waals surface area (Å²) in [6, 6.07) is 7.46. The van der Waals surface area contributed by atoms with Crippen LogP contribution in [0, 0.1) is 0 Å². The predicted molar refractivity (Wildman–Crippen MR) is 82.7 cm³/mol. The molecule has 2 saturated heterocycles. The van der Waals surface area contributed by atoms with Crippen molar-refractivity contribution < 1.29 is 0 Å². The summed E-state index contributed by atoms with van der Waals surface area (Å²) >= 11 is 1.92. The summed E-state index contributed by atoms with van der Waals surface area (Å²) in [5.74, 6) is 0. The van der Waals surface area contributed by atoms with Gasteiger partial charge in [0.05, 0.1) is 0 Å². The van der Waals surface area contributed by atoms with E-state index in [0.29, 0.717) is 6.04 Å². The molecule has 2 nitrogen and oxygen atoms in total. The third-order valence-electron chi connectivity index (χ3n) is 4.93. The monoisotopic (exact) mass is 278 g/mol. The number of rotatable bonds is 4. The first-order valence-electron chi connectivity index (χ1n) is 7.83. The molecule has 3 rings (SSSR count). The van der Waals surface area contributed by atoms with Gasteiger partial charge in [-0.2, -0.15) is 0 Å². The summed E-state index contributed by atoms with van der Waals surface area (Å²) in [6.45, 7) is 5.76. The number of hydrogen-bond acceptors (Lipinski definition) is 3. The van der Waals surface area contributed by atoms with Gasteiger partial charge in [-0.3, -0.25) is 4.90 Å². The topological polar surface area (TPSA) is 15.3 Å². The molecule has 2 aliphatic rings. The van der Waals surface area contributed by atoms with Crippen LogP contribution in [0.4, 0.5) is 0 Å². The Hall–Kier alpha value is -0.380. The van der Waals surface area contributed by atoms with Gasteiger partial charge in [-0.1, -0.05) is 19.4 Å². The summed E-state index contributed by atoms with van der Waals surface area (Å²) in [5, 5.41) is 5.90. The van der Waals surface area contributed by atoms with Crippen molar-refractivity contribution in [1.82, 2.24) is 10.2 Å². The van der Waals surface area contributed by atoms with Crippen LogP contribution >= 0.6 is 11.3 Å². The smallest absolute Gasteiger partial charge is 0.0419 e. The average molecular weight is 278 g/mol. The van der Waals surface area contributed by atoms with Crippen LogP contribution in [0.2, 0.25) is 0 Å². The summed E-state index contributed by atoms with van der Waals surface area (Å²) < 4.78 is 0. The molecule has 3 unspecified atom stereocenters. The highest BCUT2D eigenvalue weighted by molar-refractivity contribution is 7.10. The van der Waals surface area contributed by atoms with E-state index in [4.69, 9.17) is 0 Å². The van der Waals surface area contributed by atoms with Crippen LogP contribution in [0.1, 0.15) is 56.9 Å². The molecular formula is C16H26N2S. The van der Waals surface area contributed by atoms with E-state index in [2.05, 4.69) is 41.6 Å². The lowest BCUT2D eigenvalue weighted by Crippen LogP contribution is -2.56. The zero-order valence-electron chi connectivity index (χ0n) is 12.1. The number of nitrogens with one attached hydrogen (secondary N) is 1. The fourth-order valence-electron chi connectivity index (χ4n) is 4.18. The predicted octanol–water partition coefficient (Wildman–Crippen LogP) is 3.80. The van der Waals surface area contributed by atoms with Crippen LogP contribution in [0.25, 0.3) is 0 Å². The highest BCUT2D eigenvalue weighted by Gasteiger charge is 2.40. The van der Waals surface area contributed by atoms with E-state index in [-0.39, 0.29) is 0 Å². The number of thiophene rings is 1. The normalized spacial score (nSPS) is 33.3. The van der Waals surface area contributed by atoms with E-state index in [9.17, 15) is 0 Å². The summed E-state index contributed by atoms with van der Waals surface area (Å²) in [6.07, 6.45) is 6.92. The SMILES string of the molecule is CCNC1CC2CCCC(C1)N2C(C)c1cccs1. The van der Waals surface area contributed by atoms with Gasteiger partial charge in [-0.25, -0.2) is 0 Å². The summed E-state index contributed by atoms with van der Waals surface area (Å²) in [4.78, 5) is 4.38. The van der Waals surface area contributed by atoms with E-state index in [1.165, 1.54) is 32.1 Å². The van der Waals surface area contributed by atoms with Crippen LogP contribution in [0.3, 0.4) is 0 Å². The van der Waals surface area contributed by atoms with Gasteiger partial charge in [0.25, 0.3) is 0 Å². The van der Waals surface area contributed by atoms with Crippen LogP contribution in [-0.2, 0) is 0 Å². The zero-order valence-corrected chi connectivity index (χ0v) is 13.0. The summed E-state index contributed by atoms with van der Waals surface area (Å²) in [5.41, 5.74) is 0. The third-order valence-corrected chi connectivity index (χ3v) is 5.97. The number of fused-ring (bicyclic) bond motifs is 2. The zero-order chi connectivity index (χ0) is 13.2. The van der Waals surface area contributed by atoms with Gasteiger partial charge in [-0.05, 0) is 50.6 Å². The van der Waals surface area contributed by atoms with Gasteiger partial charge >= 0.3 is 0 Å². The van der Waals surface area contributed by atoms with Crippen molar-refractivity contribution in [2.75, 3.05) is 6.54 Å². The van der Waals surface area contributed by atoms with Crippen LogP contribution in [0.15, 0.2) is 17.5 Å². The molecule has 2 fully saturated rings. The second-order valence-corrected chi connectivity index (χ2v) is 7.08. The van der Waals surface area contributed by atoms with Crippen molar-refractivity contribution in [2.45, 2.75) is 70.1 Å². The lowest BCUT2D eigenvalue weighted by molar-refractivity contribution is -0.00496. The Morgan fingerprint density at radius 1 is 1.37 bits per heavy atom. The Labute approximate surface area is 121 Å². The van der Waals surface area contributed by atoms with Gasteiger partial charge in [0, 0.05) is 29.0 Å². The molecule has 19 heavy (non-hydrogen) atoms. The molecular weight excluding hydrogens is 252 g/mol. The summed E-state index contributed by atoms with van der Waals surface area (Å²) in [7, 11) is 0. The molecule has 3 heterocycles. The first-order chi connectivity index (χ1) is 9.29. The van der Waals surface area contributed by atoms with Gasteiger partial charge in [0.2, 0.25) is 0 Å². The van der Waals surface area contributed by atoms with Crippen molar-refractivity contribution in [3.8, 4) is 0 Å². The molecule has 2 aliphatic heterocycles. The van der Waals surface area contributed by atoms with Crippen LogP contribution < -0.4 is 5.32 Å². The van der Waals surface area contributed by atoms with E-state index in [1.54, 1.807) is 4.88 Å². The Morgan fingerprint density at radius 3 is 2.68 bits per heavy atom. The molecule has 0 spiro atoms. The molecule has 0 aromatic carbocycles. The Kier molecular flexibility index (Phi) is 4.25. The minimum atomic E-state index is 0.609. The number of nitrogens with zero attached hydrogens (tertiary/aromatic N) is 1. The largest absolute Gasteiger partial charge is 0.314 e. The maximum Gasteiger partial charge on any atom is 0.0419 e. The van der Waals surface area contributed by atoms with Crippen molar-refractivity contribution in [2.24, 2.45) is 0 Å². The van der Waals surface area contributed by atoms with Crippen LogP contribution in [-0.4, -0.2) is 29.6 Å². The minimum Gasteiger partial charge on any atom is -0.314 e. The molecule has 3 heteroatoms. The molecule has 1 aromatic rings. The molecule has 3 atom stereocenters. The van der Waals surface area contributed by atoms with Crippen molar-refractivity contribution >= 4 is 11.3 Å². The number of piperidine rings is 2. The van der Waals surface area contributed by atoms with E-state index >= 15 is 0 Å². The molecule has 0 aliphatic carbocycles. The first-order valence-corrected chi connectivity index (χ1v) is 8.71. The second-order valence-electron chi connectivity index (χ2n) is 6.10. The van der Waals surface area contributed by atoms with Crippen molar-refractivity contribution in [1.29, 1.82) is 0 Å². The average Bonchev–Trinajstić information content (AvgIpc) is 2.91. The van der Waals surface area contributed by atoms with Gasteiger partial charge in [0.1, 0.15) is 0 Å². The molecule has 0 amide bonds. The molecule has 106 valence electrons. The fraction of sp³-hybridized carbons (Fsp3) is 0.750. The van der Waals surface area contributed by atoms with Gasteiger partial charge in [-0.15, -0.1) is 11.3 Å². The van der Waals surface area contributed by atoms with E-state index < -0.39 is 0 Å². The van der Waals surface area contributed by atoms with Gasteiger partial charge in [0.15, 0.2) is 0 Å². The standard InChI is InChI=1S/C16H26N2S/c1-3-17-13-10-14-6-4-7-15(11-13)18(14)12(2)16-8-5-9-19-16/h5,8-9,12-15,17H,3-4,6-7,10-11H2,1-2H3. The molecule has 1 N–H and O–H groups in total. The molecule has 1 aromatic heterocycles.